The fourth-order valence-electron chi connectivity index (χ4n) is 4.02. The van der Waals surface area contributed by atoms with E-state index in [1.807, 2.05) is 11.1 Å². The van der Waals surface area contributed by atoms with Crippen LogP contribution in [0.5, 0.6) is 0 Å². The predicted molar refractivity (Wildman–Crippen MR) is 111 cm³/mol. The van der Waals surface area contributed by atoms with Crippen LogP contribution in [-0.4, -0.2) is 39.9 Å². The number of anilines is 2. The van der Waals surface area contributed by atoms with Gasteiger partial charge in [0.15, 0.2) is 5.82 Å². The number of hydrogen-bond acceptors (Lipinski definition) is 4. The molecule has 3 aliphatic rings. The molecule has 1 amide bonds. The largest absolute Gasteiger partial charge is 0.338 e. The number of nitrogens with zero attached hydrogens (tertiary/aromatic N) is 4. The fourth-order valence-corrected chi connectivity index (χ4v) is 4.02. The van der Waals surface area contributed by atoms with Crippen LogP contribution in [0.3, 0.4) is 0 Å². The number of fused-ring (bicyclic) bond motifs is 1. The maximum Gasteiger partial charge on any atom is 0.219 e. The van der Waals surface area contributed by atoms with E-state index in [9.17, 15) is 4.79 Å². The van der Waals surface area contributed by atoms with Gasteiger partial charge in [0, 0.05) is 49.6 Å². The normalized spacial score (nSPS) is 18.2. The van der Waals surface area contributed by atoms with Crippen molar-refractivity contribution in [2.45, 2.75) is 39.3 Å². The zero-order valence-electron chi connectivity index (χ0n) is 16.2. The molecule has 1 fully saturated rings. The summed E-state index contributed by atoms with van der Waals surface area (Å²) >= 11 is 0. The Kier molecular flexibility index (Phi) is 4.26. The highest BCUT2D eigenvalue weighted by atomic mass is 16.2. The number of hydrogen-bond donors (Lipinski definition) is 1. The molecule has 1 aliphatic carbocycles. The highest BCUT2D eigenvalue weighted by molar-refractivity contribution is 6.11. The highest BCUT2D eigenvalue weighted by Gasteiger charge is 2.29. The smallest absolute Gasteiger partial charge is 0.219 e. The minimum absolute atomic E-state index is 0.126. The third-order valence-electron chi connectivity index (χ3n) is 5.81. The zero-order chi connectivity index (χ0) is 19.1. The third-order valence-corrected chi connectivity index (χ3v) is 5.81. The lowest BCUT2D eigenvalue weighted by molar-refractivity contribution is -0.129. The average molecular weight is 375 g/mol. The lowest BCUT2D eigenvalue weighted by atomic mass is 10.1. The van der Waals surface area contributed by atoms with E-state index in [-0.39, 0.29) is 5.91 Å². The molecule has 0 spiro atoms. The molecule has 1 saturated carbocycles. The quantitative estimate of drug-likeness (QED) is 0.871. The van der Waals surface area contributed by atoms with Crippen molar-refractivity contribution in [3.8, 4) is 0 Å². The van der Waals surface area contributed by atoms with Crippen molar-refractivity contribution in [3.05, 3.63) is 47.2 Å². The van der Waals surface area contributed by atoms with Gasteiger partial charge in [-0.3, -0.25) is 14.5 Å². The van der Waals surface area contributed by atoms with Gasteiger partial charge >= 0.3 is 0 Å². The summed E-state index contributed by atoms with van der Waals surface area (Å²) in [5, 5.41) is 8.44. The number of aromatic nitrogens is 2. The predicted octanol–water partition coefficient (Wildman–Crippen LogP) is 3.41. The molecule has 0 bridgehead atoms. The summed E-state index contributed by atoms with van der Waals surface area (Å²) < 4.78 is 2.18. The van der Waals surface area contributed by atoms with Gasteiger partial charge in [-0.1, -0.05) is 18.2 Å². The zero-order valence-corrected chi connectivity index (χ0v) is 16.2. The van der Waals surface area contributed by atoms with E-state index in [1.165, 1.54) is 18.5 Å². The molecule has 1 N–H and O–H groups in total. The fraction of sp³-hybridized carbons (Fsp3) is 0.409. The molecule has 1 aromatic heterocycles. The molecule has 6 nitrogen and oxygen atoms in total. The van der Waals surface area contributed by atoms with Crippen LogP contribution < -0.4 is 5.32 Å². The molecule has 2 aromatic rings. The number of rotatable bonds is 5. The van der Waals surface area contributed by atoms with Crippen LogP contribution in [-0.2, 0) is 24.3 Å². The Morgan fingerprint density at radius 2 is 2.21 bits per heavy atom. The lowest BCUT2D eigenvalue weighted by Gasteiger charge is -2.26. The van der Waals surface area contributed by atoms with E-state index in [0.717, 1.165) is 60.2 Å². The molecule has 144 valence electrons. The van der Waals surface area contributed by atoms with Crippen LogP contribution in [0.2, 0.25) is 0 Å². The SMILES string of the molecule is CC(=O)N1CCc2c(c(Nc3cccc(C4=CCN=C4)c3)nn2CC2CC2)C1. The Morgan fingerprint density at radius 1 is 1.32 bits per heavy atom. The Balaban J connectivity index is 1.46. The van der Waals surface area contributed by atoms with Gasteiger partial charge in [-0.15, -0.1) is 0 Å². The van der Waals surface area contributed by atoms with Crippen LogP contribution in [0.15, 0.2) is 35.3 Å². The van der Waals surface area contributed by atoms with Gasteiger partial charge in [0.05, 0.1) is 13.1 Å². The number of carbonyl (C=O) groups excluding carboxylic acids is 1. The van der Waals surface area contributed by atoms with Crippen molar-refractivity contribution in [1.29, 1.82) is 0 Å². The third kappa shape index (κ3) is 3.35. The first-order chi connectivity index (χ1) is 13.7. The summed E-state index contributed by atoms with van der Waals surface area (Å²) in [5.74, 6) is 1.77. The minimum Gasteiger partial charge on any atom is -0.338 e. The molecule has 5 rings (SSSR count). The second kappa shape index (κ2) is 6.93. The molecule has 3 heterocycles. The van der Waals surface area contributed by atoms with E-state index in [4.69, 9.17) is 5.10 Å². The van der Waals surface area contributed by atoms with Crippen molar-refractivity contribution in [2.24, 2.45) is 10.9 Å². The van der Waals surface area contributed by atoms with Crippen LogP contribution in [0, 0.1) is 5.92 Å². The van der Waals surface area contributed by atoms with Crippen molar-refractivity contribution in [2.75, 3.05) is 18.4 Å². The topological polar surface area (TPSA) is 62.5 Å². The van der Waals surface area contributed by atoms with Gasteiger partial charge < -0.3 is 10.2 Å². The first kappa shape index (κ1) is 17.2. The van der Waals surface area contributed by atoms with Crippen LogP contribution in [0.1, 0.15) is 36.6 Å². The van der Waals surface area contributed by atoms with Crippen LogP contribution in [0.4, 0.5) is 11.5 Å². The van der Waals surface area contributed by atoms with Gasteiger partial charge in [0.2, 0.25) is 5.91 Å². The minimum atomic E-state index is 0.126. The second-order valence-corrected chi connectivity index (χ2v) is 7.95. The molecule has 0 atom stereocenters. The van der Waals surface area contributed by atoms with E-state index in [1.54, 1.807) is 6.92 Å². The highest BCUT2D eigenvalue weighted by Crippen LogP contribution is 2.34. The Hall–Kier alpha value is -2.89. The summed E-state index contributed by atoms with van der Waals surface area (Å²) in [6, 6.07) is 8.36. The summed E-state index contributed by atoms with van der Waals surface area (Å²) in [4.78, 5) is 18.1. The van der Waals surface area contributed by atoms with E-state index in [0.29, 0.717) is 6.54 Å². The average Bonchev–Trinajstić information content (AvgIpc) is 3.23. The van der Waals surface area contributed by atoms with E-state index < -0.39 is 0 Å². The number of allylic oxidation sites excluding steroid dienone is 1. The molecule has 2 aliphatic heterocycles. The second-order valence-electron chi connectivity index (χ2n) is 7.95. The van der Waals surface area contributed by atoms with Gasteiger partial charge in [0.1, 0.15) is 0 Å². The summed E-state index contributed by atoms with van der Waals surface area (Å²) in [6.45, 7) is 4.81. The number of amides is 1. The standard InChI is InChI=1S/C22H25N5O/c1-15(28)26-10-8-21-20(14-26)22(25-27(21)13-16-5-6-16)24-19-4-2-3-17(11-19)18-7-9-23-12-18/h2-4,7,11-12,16H,5-6,8-10,13-14H2,1H3,(H,24,25). The maximum absolute atomic E-state index is 11.9. The van der Waals surface area contributed by atoms with Gasteiger partial charge in [0.25, 0.3) is 0 Å². The monoisotopic (exact) mass is 375 g/mol. The maximum atomic E-state index is 11.9. The summed E-state index contributed by atoms with van der Waals surface area (Å²) in [6.07, 6.45) is 7.54. The molecule has 6 heteroatoms. The Labute approximate surface area is 164 Å². The molecule has 0 radical (unpaired) electrons. The molecule has 1 aromatic carbocycles. The lowest BCUT2D eigenvalue weighted by Crippen LogP contribution is -2.34. The first-order valence-corrected chi connectivity index (χ1v) is 10.1. The van der Waals surface area contributed by atoms with Crippen LogP contribution >= 0.6 is 0 Å². The van der Waals surface area contributed by atoms with E-state index >= 15 is 0 Å². The number of nitrogens with one attached hydrogen (secondary N) is 1. The molecule has 0 saturated heterocycles. The van der Waals surface area contributed by atoms with Gasteiger partial charge in [-0.2, -0.15) is 5.10 Å². The van der Waals surface area contributed by atoms with Crippen molar-refractivity contribution in [1.82, 2.24) is 14.7 Å². The summed E-state index contributed by atoms with van der Waals surface area (Å²) in [7, 11) is 0. The van der Waals surface area contributed by atoms with Crippen LogP contribution in [0.25, 0.3) is 5.57 Å². The van der Waals surface area contributed by atoms with Gasteiger partial charge in [-0.25, -0.2) is 0 Å². The van der Waals surface area contributed by atoms with E-state index in [2.05, 4.69) is 45.3 Å². The Bertz CT molecular complexity index is 983. The van der Waals surface area contributed by atoms with Gasteiger partial charge in [-0.05, 0) is 42.0 Å². The molecular weight excluding hydrogens is 350 g/mol. The number of aliphatic imine (C=N–C) groups is 1. The molecule has 0 unspecified atom stereocenters. The Morgan fingerprint density at radius 3 is 2.96 bits per heavy atom. The number of benzene rings is 1. The number of carbonyl (C=O) groups is 1. The van der Waals surface area contributed by atoms with Crippen molar-refractivity contribution >= 4 is 29.2 Å². The van der Waals surface area contributed by atoms with Crippen molar-refractivity contribution in [3.63, 3.8) is 0 Å². The first-order valence-electron chi connectivity index (χ1n) is 10.1. The molecular formula is C22H25N5O. The molecule has 28 heavy (non-hydrogen) atoms. The summed E-state index contributed by atoms with van der Waals surface area (Å²) in [5.41, 5.74) is 5.77. The van der Waals surface area contributed by atoms with Crippen molar-refractivity contribution < 1.29 is 4.79 Å².